The molecule has 0 spiro atoms. The fraction of sp³-hybridized carbons (Fsp3) is 0.0222. The van der Waals surface area contributed by atoms with Crippen molar-refractivity contribution in [3.05, 3.63) is 169 Å². The molecule has 0 atom stereocenters. The smallest absolute Gasteiger partial charge is 0.0775 e. The van der Waals surface area contributed by atoms with Gasteiger partial charge in [0.05, 0.1) is 40.6 Å². The van der Waals surface area contributed by atoms with Gasteiger partial charge in [0.2, 0.25) is 0 Å². The highest BCUT2D eigenvalue weighted by atomic mass is 16.7. The molecule has 2 aromatic heterocycles. The van der Waals surface area contributed by atoms with Crippen molar-refractivity contribution in [1.29, 1.82) is 0 Å². The van der Waals surface area contributed by atoms with Gasteiger partial charge in [-0.1, -0.05) is 103 Å². The van der Waals surface area contributed by atoms with Crippen LogP contribution in [0.15, 0.2) is 158 Å². The van der Waals surface area contributed by atoms with E-state index in [0.717, 1.165) is 39.4 Å². The molecule has 3 heterocycles. The van der Waals surface area contributed by atoms with E-state index in [-0.39, 0.29) is 0 Å². The fourth-order valence-corrected chi connectivity index (χ4v) is 7.75. The molecule has 232 valence electrons. The Morgan fingerprint density at radius 3 is 1.55 bits per heavy atom. The van der Waals surface area contributed by atoms with Gasteiger partial charge in [-0.05, 0) is 77.9 Å². The van der Waals surface area contributed by atoms with Crippen molar-refractivity contribution in [1.82, 2.24) is 9.13 Å². The first-order chi connectivity index (χ1) is 24.3. The van der Waals surface area contributed by atoms with Gasteiger partial charge in [-0.15, -0.1) is 0 Å². The molecule has 0 saturated heterocycles. The summed E-state index contributed by atoms with van der Waals surface area (Å²) >= 11 is 0. The molecule has 0 unspecified atom stereocenters. The maximum absolute atomic E-state index is 6.16. The van der Waals surface area contributed by atoms with Gasteiger partial charge in [0, 0.05) is 44.0 Å². The Kier molecular flexibility index (Phi) is 6.14. The Balaban J connectivity index is 1.13. The molecule has 1 aliphatic heterocycles. The zero-order chi connectivity index (χ0) is 32.5. The van der Waals surface area contributed by atoms with E-state index in [4.69, 9.17) is 4.84 Å². The van der Waals surface area contributed by atoms with Crippen LogP contribution in [0.4, 0.5) is 11.4 Å². The van der Waals surface area contributed by atoms with E-state index in [9.17, 15) is 0 Å². The Hall–Kier alpha value is -6.36. The summed E-state index contributed by atoms with van der Waals surface area (Å²) in [6, 6.07) is 56.6. The Morgan fingerprint density at radius 1 is 0.388 bits per heavy atom. The lowest BCUT2D eigenvalue weighted by atomic mass is 10.00. The largest absolute Gasteiger partial charge is 0.309 e. The molecule has 49 heavy (non-hydrogen) atoms. The lowest BCUT2D eigenvalue weighted by Gasteiger charge is -2.24. The number of aromatic nitrogens is 2. The van der Waals surface area contributed by atoms with E-state index >= 15 is 0 Å². The van der Waals surface area contributed by atoms with Crippen molar-refractivity contribution in [3.63, 3.8) is 0 Å². The first-order valence-electron chi connectivity index (χ1n) is 16.6. The zero-order valence-corrected chi connectivity index (χ0v) is 26.9. The highest BCUT2D eigenvalue weighted by Crippen LogP contribution is 2.43. The summed E-state index contributed by atoms with van der Waals surface area (Å²) in [7, 11) is 1.75. The normalized spacial score (nSPS) is 12.6. The van der Waals surface area contributed by atoms with E-state index in [1.54, 1.807) is 7.11 Å². The van der Waals surface area contributed by atoms with Gasteiger partial charge in [0.1, 0.15) is 0 Å². The van der Waals surface area contributed by atoms with Crippen molar-refractivity contribution in [2.75, 3.05) is 12.2 Å². The van der Waals surface area contributed by atoms with Gasteiger partial charge in [-0.25, -0.2) is 5.06 Å². The molecule has 0 bridgehead atoms. The molecule has 0 N–H and O–H groups in total. The molecular weight excluding hydrogens is 599 g/mol. The Morgan fingerprint density at radius 2 is 0.898 bits per heavy atom. The molecule has 0 saturated carbocycles. The first-order valence-corrected chi connectivity index (χ1v) is 16.6. The van der Waals surface area contributed by atoms with Crippen molar-refractivity contribution >= 4 is 67.1 Å². The number of para-hydroxylation sites is 4. The van der Waals surface area contributed by atoms with E-state index in [0.29, 0.717) is 0 Å². The lowest BCUT2D eigenvalue weighted by Crippen LogP contribution is -2.16. The topological polar surface area (TPSA) is 22.3 Å². The van der Waals surface area contributed by atoms with Gasteiger partial charge in [0.15, 0.2) is 0 Å². The number of fused-ring (bicyclic) bond motifs is 8. The fourth-order valence-electron chi connectivity index (χ4n) is 7.75. The average Bonchev–Trinajstić information content (AvgIpc) is 3.61. The maximum Gasteiger partial charge on any atom is 0.0775 e. The highest BCUT2D eigenvalue weighted by Gasteiger charge is 2.23. The quantitative estimate of drug-likeness (QED) is 0.193. The predicted molar refractivity (Wildman–Crippen MR) is 205 cm³/mol. The van der Waals surface area contributed by atoms with Crippen molar-refractivity contribution in [2.24, 2.45) is 0 Å². The van der Waals surface area contributed by atoms with E-state index in [1.165, 1.54) is 49.2 Å². The third-order valence-corrected chi connectivity index (χ3v) is 9.95. The molecule has 0 amide bonds. The van der Waals surface area contributed by atoms with E-state index in [1.807, 2.05) is 5.06 Å². The van der Waals surface area contributed by atoms with E-state index < -0.39 is 0 Å². The molecule has 0 fully saturated rings. The minimum Gasteiger partial charge on any atom is -0.309 e. The van der Waals surface area contributed by atoms with Crippen LogP contribution in [0.25, 0.3) is 78.3 Å². The second-order valence-corrected chi connectivity index (χ2v) is 12.6. The van der Waals surface area contributed by atoms with Gasteiger partial charge in [0.25, 0.3) is 0 Å². The summed E-state index contributed by atoms with van der Waals surface area (Å²) in [6.07, 6.45) is 4.44. The van der Waals surface area contributed by atoms with Gasteiger partial charge >= 0.3 is 0 Å². The van der Waals surface area contributed by atoms with Crippen molar-refractivity contribution in [3.8, 4) is 22.5 Å². The van der Waals surface area contributed by atoms with Crippen LogP contribution < -0.4 is 5.06 Å². The molecule has 7 aromatic carbocycles. The summed E-state index contributed by atoms with van der Waals surface area (Å²) in [5, 5.41) is 6.88. The monoisotopic (exact) mass is 629 g/mol. The average molecular weight is 630 g/mol. The SMILES string of the molecule is CON1c2ccc(-c3ccc4c5ccccc5n(-c5ccccc5)c4c3)cc2C=Cc2cc3c(cc21)c1ccccc1n3-c1ccccc1. The Bertz CT molecular complexity index is 2750. The molecule has 0 radical (unpaired) electrons. The summed E-state index contributed by atoms with van der Waals surface area (Å²) in [4.78, 5) is 6.16. The van der Waals surface area contributed by atoms with Crippen LogP contribution in [-0.4, -0.2) is 16.2 Å². The van der Waals surface area contributed by atoms with Crippen LogP contribution in [0.3, 0.4) is 0 Å². The molecule has 0 aliphatic carbocycles. The summed E-state index contributed by atoms with van der Waals surface area (Å²) in [6.45, 7) is 0. The molecule has 9 aromatic rings. The maximum atomic E-state index is 6.16. The van der Waals surface area contributed by atoms with E-state index in [2.05, 4.69) is 179 Å². The molecule has 4 heteroatoms. The minimum atomic E-state index is 1.01. The summed E-state index contributed by atoms with van der Waals surface area (Å²) in [5.74, 6) is 0. The van der Waals surface area contributed by atoms with Gasteiger partial charge in [-0.3, -0.25) is 4.84 Å². The number of hydrogen-bond acceptors (Lipinski definition) is 2. The van der Waals surface area contributed by atoms with Crippen molar-refractivity contribution in [2.45, 2.75) is 0 Å². The number of hydrogen-bond donors (Lipinski definition) is 0. The summed E-state index contributed by atoms with van der Waals surface area (Å²) in [5.41, 5.74) is 13.6. The minimum absolute atomic E-state index is 1.01. The van der Waals surface area contributed by atoms with Crippen LogP contribution in [0.5, 0.6) is 0 Å². The third kappa shape index (κ3) is 4.21. The van der Waals surface area contributed by atoms with Crippen LogP contribution in [0.2, 0.25) is 0 Å². The van der Waals surface area contributed by atoms with Crippen LogP contribution >= 0.6 is 0 Å². The van der Waals surface area contributed by atoms with Crippen molar-refractivity contribution < 1.29 is 4.84 Å². The molecule has 1 aliphatic rings. The van der Waals surface area contributed by atoms with Crippen LogP contribution in [0.1, 0.15) is 11.1 Å². The van der Waals surface area contributed by atoms with Crippen LogP contribution in [-0.2, 0) is 4.84 Å². The lowest BCUT2D eigenvalue weighted by molar-refractivity contribution is 0.201. The number of anilines is 2. The standard InChI is InChI=1S/C45H31N3O/c1-49-48-40-25-23-30(31-22-24-38-36-16-8-10-18-41(36)46(44(38)27-31)34-12-4-2-5-13-34)26-32(40)20-21-33-28-45-39(29-43(33)48)37-17-9-11-19-42(37)47(45)35-14-6-3-7-15-35/h2-29H,1H3. The number of rotatable bonds is 4. The Labute approximate surface area is 283 Å². The summed E-state index contributed by atoms with van der Waals surface area (Å²) < 4.78 is 4.73. The molecular formula is C45H31N3O. The third-order valence-electron chi connectivity index (χ3n) is 9.95. The number of nitrogens with zero attached hydrogens (tertiary/aromatic N) is 3. The van der Waals surface area contributed by atoms with Gasteiger partial charge in [-0.2, -0.15) is 0 Å². The zero-order valence-electron chi connectivity index (χ0n) is 26.9. The highest BCUT2D eigenvalue weighted by molar-refractivity contribution is 6.12. The van der Waals surface area contributed by atoms with Gasteiger partial charge < -0.3 is 9.13 Å². The second kappa shape index (κ2) is 10.8. The molecule has 10 rings (SSSR count). The number of benzene rings is 7. The second-order valence-electron chi connectivity index (χ2n) is 12.6. The molecule has 4 nitrogen and oxygen atoms in total. The first kappa shape index (κ1) is 27.7. The predicted octanol–water partition coefficient (Wildman–Crippen LogP) is 11.7. The van der Waals surface area contributed by atoms with Crippen LogP contribution in [0, 0.1) is 0 Å².